The molecule has 110 valence electrons. The van der Waals surface area contributed by atoms with Crippen LogP contribution in [0.1, 0.15) is 32.3 Å². The van der Waals surface area contributed by atoms with Gasteiger partial charge in [0.1, 0.15) is 5.82 Å². The third-order valence-electron chi connectivity index (χ3n) is 3.36. The van der Waals surface area contributed by atoms with Crippen LogP contribution in [-0.2, 0) is 6.54 Å². The van der Waals surface area contributed by atoms with Crippen molar-refractivity contribution in [2.24, 2.45) is 16.6 Å². The summed E-state index contributed by atoms with van der Waals surface area (Å²) in [5, 5.41) is 3.11. The fourth-order valence-corrected chi connectivity index (χ4v) is 2.18. The van der Waals surface area contributed by atoms with Crippen molar-refractivity contribution in [2.45, 2.75) is 33.2 Å². The Bertz CT molecular complexity index is 432. The van der Waals surface area contributed by atoms with Crippen molar-refractivity contribution in [1.29, 1.82) is 0 Å². The molecule has 1 fully saturated rings. The van der Waals surface area contributed by atoms with E-state index in [1.807, 2.05) is 6.20 Å². The maximum atomic E-state index is 5.81. The van der Waals surface area contributed by atoms with Crippen LogP contribution < -0.4 is 16.0 Å². The van der Waals surface area contributed by atoms with Gasteiger partial charge in [-0.2, -0.15) is 0 Å². The third-order valence-corrected chi connectivity index (χ3v) is 3.36. The summed E-state index contributed by atoms with van der Waals surface area (Å²) in [6.07, 6.45) is 4.43. The molecule has 2 rings (SSSR count). The van der Waals surface area contributed by atoms with Crippen LogP contribution in [0.25, 0.3) is 0 Å². The minimum absolute atomic E-state index is 0.502. The second kappa shape index (κ2) is 7.12. The van der Waals surface area contributed by atoms with Crippen molar-refractivity contribution >= 4 is 11.8 Å². The normalized spacial score (nSPS) is 15.9. The van der Waals surface area contributed by atoms with E-state index in [0.29, 0.717) is 18.4 Å². The molecule has 3 N–H and O–H groups in total. The Labute approximate surface area is 121 Å². The molecule has 1 aliphatic rings. The maximum Gasteiger partial charge on any atom is 0.188 e. The monoisotopic (exact) mass is 275 g/mol. The van der Waals surface area contributed by atoms with Gasteiger partial charge in [-0.05, 0) is 30.4 Å². The molecule has 5 heteroatoms. The van der Waals surface area contributed by atoms with Crippen molar-refractivity contribution < 1.29 is 0 Å². The Hall–Kier alpha value is -1.78. The highest BCUT2D eigenvalue weighted by molar-refractivity contribution is 5.77. The van der Waals surface area contributed by atoms with Crippen LogP contribution >= 0.6 is 0 Å². The fraction of sp³-hybridized carbons (Fsp3) is 0.600. The highest BCUT2D eigenvalue weighted by Gasteiger charge is 2.12. The second-order valence-electron chi connectivity index (χ2n) is 5.70. The summed E-state index contributed by atoms with van der Waals surface area (Å²) in [6, 6.07) is 4.16. The summed E-state index contributed by atoms with van der Waals surface area (Å²) < 4.78 is 0. The fourth-order valence-electron chi connectivity index (χ4n) is 2.18. The molecule has 0 atom stereocenters. The Kier molecular flexibility index (Phi) is 5.21. The first-order chi connectivity index (χ1) is 9.65. The van der Waals surface area contributed by atoms with E-state index in [1.54, 1.807) is 0 Å². The summed E-state index contributed by atoms with van der Waals surface area (Å²) in [4.78, 5) is 11.2. The average molecular weight is 275 g/mol. The van der Waals surface area contributed by atoms with Gasteiger partial charge in [-0.3, -0.25) is 0 Å². The average Bonchev–Trinajstić information content (AvgIpc) is 2.97. The molecule has 0 amide bonds. The third kappa shape index (κ3) is 4.40. The largest absolute Gasteiger partial charge is 0.370 e. The Morgan fingerprint density at radius 3 is 2.75 bits per heavy atom. The standard InChI is InChI=1S/C15H25N5/c1-12(2)9-18-15(16)19-11-13-5-6-14(17-10-13)20-7-3-4-8-20/h5-6,10,12H,3-4,7-9,11H2,1-2H3,(H3,16,18,19). The molecule has 0 aromatic carbocycles. The lowest BCUT2D eigenvalue weighted by Crippen LogP contribution is -2.34. The summed E-state index contributed by atoms with van der Waals surface area (Å²) in [5.41, 5.74) is 6.89. The van der Waals surface area contributed by atoms with Crippen LogP contribution in [0, 0.1) is 5.92 Å². The highest BCUT2D eigenvalue weighted by atomic mass is 15.2. The van der Waals surface area contributed by atoms with Crippen LogP contribution in [0.5, 0.6) is 0 Å². The number of nitrogens with one attached hydrogen (secondary N) is 1. The molecule has 1 aromatic rings. The molecule has 0 radical (unpaired) electrons. The first-order valence-corrected chi connectivity index (χ1v) is 7.39. The first-order valence-electron chi connectivity index (χ1n) is 7.39. The van der Waals surface area contributed by atoms with Crippen molar-refractivity contribution in [2.75, 3.05) is 24.5 Å². The van der Waals surface area contributed by atoms with Crippen molar-refractivity contribution in [1.82, 2.24) is 10.3 Å². The SMILES string of the molecule is CC(C)CNC(N)=NCc1ccc(N2CCCC2)nc1. The number of hydrogen-bond acceptors (Lipinski definition) is 3. The van der Waals surface area contributed by atoms with E-state index in [0.717, 1.165) is 31.0 Å². The number of nitrogens with two attached hydrogens (primary N) is 1. The molecular weight excluding hydrogens is 250 g/mol. The van der Waals surface area contributed by atoms with Crippen LogP contribution in [0.2, 0.25) is 0 Å². The molecule has 1 saturated heterocycles. The van der Waals surface area contributed by atoms with Crippen LogP contribution in [-0.4, -0.2) is 30.6 Å². The second-order valence-corrected chi connectivity index (χ2v) is 5.70. The Morgan fingerprint density at radius 1 is 1.40 bits per heavy atom. The Morgan fingerprint density at radius 2 is 2.15 bits per heavy atom. The minimum atomic E-state index is 0.502. The van der Waals surface area contributed by atoms with Gasteiger partial charge in [-0.1, -0.05) is 19.9 Å². The zero-order valence-electron chi connectivity index (χ0n) is 12.5. The van der Waals surface area contributed by atoms with Crippen molar-refractivity contribution in [3.8, 4) is 0 Å². The molecule has 1 aliphatic heterocycles. The molecule has 5 nitrogen and oxygen atoms in total. The molecule has 0 aliphatic carbocycles. The number of hydrogen-bond donors (Lipinski definition) is 2. The lowest BCUT2D eigenvalue weighted by Gasteiger charge is -2.16. The predicted octanol–water partition coefficient (Wildman–Crippen LogP) is 1.74. The molecule has 2 heterocycles. The minimum Gasteiger partial charge on any atom is -0.370 e. The molecule has 0 bridgehead atoms. The van der Waals surface area contributed by atoms with Gasteiger partial charge in [0, 0.05) is 25.8 Å². The maximum absolute atomic E-state index is 5.81. The zero-order chi connectivity index (χ0) is 14.4. The van der Waals surface area contributed by atoms with Gasteiger partial charge < -0.3 is 16.0 Å². The van der Waals surface area contributed by atoms with E-state index in [-0.39, 0.29) is 0 Å². The smallest absolute Gasteiger partial charge is 0.188 e. The molecular formula is C15H25N5. The summed E-state index contributed by atoms with van der Waals surface area (Å²) >= 11 is 0. The number of aliphatic imine (C=N–C) groups is 1. The van der Waals surface area contributed by atoms with Gasteiger partial charge in [-0.15, -0.1) is 0 Å². The van der Waals surface area contributed by atoms with Crippen LogP contribution in [0.15, 0.2) is 23.3 Å². The molecule has 1 aromatic heterocycles. The summed E-state index contributed by atoms with van der Waals surface area (Å²) in [6.45, 7) is 7.95. The zero-order valence-corrected chi connectivity index (χ0v) is 12.5. The van der Waals surface area contributed by atoms with Gasteiger partial charge in [0.05, 0.1) is 6.54 Å². The summed E-state index contributed by atoms with van der Waals surface area (Å²) in [7, 11) is 0. The van der Waals surface area contributed by atoms with Crippen LogP contribution in [0.4, 0.5) is 5.82 Å². The molecule has 0 spiro atoms. The van der Waals surface area contributed by atoms with Gasteiger partial charge in [0.15, 0.2) is 5.96 Å². The van der Waals surface area contributed by atoms with Crippen molar-refractivity contribution in [3.05, 3.63) is 23.9 Å². The number of pyridine rings is 1. The van der Waals surface area contributed by atoms with Gasteiger partial charge in [0.2, 0.25) is 0 Å². The topological polar surface area (TPSA) is 66.5 Å². The first kappa shape index (κ1) is 14.6. The van der Waals surface area contributed by atoms with Crippen LogP contribution in [0.3, 0.4) is 0 Å². The van der Waals surface area contributed by atoms with E-state index < -0.39 is 0 Å². The number of anilines is 1. The number of guanidine groups is 1. The van der Waals surface area contributed by atoms with E-state index >= 15 is 0 Å². The van der Waals surface area contributed by atoms with E-state index in [1.165, 1.54) is 12.8 Å². The van der Waals surface area contributed by atoms with E-state index in [4.69, 9.17) is 5.73 Å². The lowest BCUT2D eigenvalue weighted by molar-refractivity contribution is 0.622. The molecule has 0 saturated carbocycles. The Balaban J connectivity index is 1.85. The molecule has 20 heavy (non-hydrogen) atoms. The van der Waals surface area contributed by atoms with E-state index in [9.17, 15) is 0 Å². The lowest BCUT2D eigenvalue weighted by atomic mass is 10.2. The number of aromatic nitrogens is 1. The van der Waals surface area contributed by atoms with Gasteiger partial charge in [-0.25, -0.2) is 9.98 Å². The predicted molar refractivity (Wildman–Crippen MR) is 83.9 cm³/mol. The highest BCUT2D eigenvalue weighted by Crippen LogP contribution is 2.17. The van der Waals surface area contributed by atoms with Gasteiger partial charge in [0.25, 0.3) is 0 Å². The number of nitrogens with zero attached hydrogens (tertiary/aromatic N) is 3. The van der Waals surface area contributed by atoms with Crippen molar-refractivity contribution in [3.63, 3.8) is 0 Å². The van der Waals surface area contributed by atoms with E-state index in [2.05, 4.69) is 46.2 Å². The van der Waals surface area contributed by atoms with Gasteiger partial charge >= 0.3 is 0 Å². The molecule has 0 unspecified atom stereocenters. The quantitative estimate of drug-likeness (QED) is 0.634. The summed E-state index contributed by atoms with van der Waals surface area (Å²) in [5.74, 6) is 2.13. The number of rotatable bonds is 5.